The molecular weight excluding hydrogens is 256 g/mol. The number of urea groups is 1. The van der Waals surface area contributed by atoms with Crippen molar-refractivity contribution in [3.63, 3.8) is 0 Å². The molecule has 110 valence electrons. The van der Waals surface area contributed by atoms with E-state index in [9.17, 15) is 4.79 Å². The van der Waals surface area contributed by atoms with Gasteiger partial charge in [-0.25, -0.2) is 4.79 Å². The molecule has 2 amide bonds. The predicted octanol–water partition coefficient (Wildman–Crippen LogP) is 2.40. The van der Waals surface area contributed by atoms with E-state index in [1.807, 2.05) is 18.2 Å². The Labute approximate surface area is 119 Å². The molecule has 1 N–H and O–H groups in total. The Morgan fingerprint density at radius 1 is 1.30 bits per heavy atom. The monoisotopic (exact) mass is 278 g/mol. The Kier molecular flexibility index (Phi) is 5.09. The van der Waals surface area contributed by atoms with Crippen molar-refractivity contribution in [3.8, 4) is 11.5 Å². The summed E-state index contributed by atoms with van der Waals surface area (Å²) in [6, 6.07) is 5.74. The van der Waals surface area contributed by atoms with E-state index in [0.717, 1.165) is 36.4 Å². The number of unbranched alkanes of at least 4 members (excludes halogenated alkanes) is 1. The summed E-state index contributed by atoms with van der Waals surface area (Å²) in [6.07, 6.45) is 2.08. The minimum Gasteiger partial charge on any atom is -0.486 e. The smallest absolute Gasteiger partial charge is 0.317 e. The molecule has 1 aliphatic rings. The van der Waals surface area contributed by atoms with Crippen LogP contribution in [-0.2, 0) is 6.54 Å². The second-order valence-corrected chi connectivity index (χ2v) is 4.92. The first-order valence-electron chi connectivity index (χ1n) is 7.08. The zero-order chi connectivity index (χ0) is 14.4. The molecule has 5 heteroatoms. The van der Waals surface area contributed by atoms with E-state index < -0.39 is 0 Å². The van der Waals surface area contributed by atoms with Crippen molar-refractivity contribution in [2.75, 3.05) is 26.8 Å². The minimum absolute atomic E-state index is 0.0478. The van der Waals surface area contributed by atoms with Crippen LogP contribution in [0.25, 0.3) is 0 Å². The van der Waals surface area contributed by atoms with Crippen LogP contribution in [-0.4, -0.2) is 37.7 Å². The molecule has 0 aliphatic carbocycles. The standard InChI is InChI=1S/C15H22N2O3/c1-3-4-7-16-15(18)17(2)11-12-5-6-13-14(10-12)20-9-8-19-13/h5-6,10H,3-4,7-9,11H2,1-2H3,(H,16,18). The Morgan fingerprint density at radius 3 is 2.80 bits per heavy atom. The quantitative estimate of drug-likeness (QED) is 0.841. The van der Waals surface area contributed by atoms with E-state index in [2.05, 4.69) is 12.2 Å². The van der Waals surface area contributed by atoms with Crippen LogP contribution < -0.4 is 14.8 Å². The van der Waals surface area contributed by atoms with Crippen LogP contribution in [0.1, 0.15) is 25.3 Å². The SMILES string of the molecule is CCCCNC(=O)N(C)Cc1ccc2c(c1)OCCO2. The molecule has 0 bridgehead atoms. The maximum atomic E-state index is 11.9. The normalized spacial score (nSPS) is 12.9. The number of hydrogen-bond acceptors (Lipinski definition) is 3. The van der Waals surface area contributed by atoms with Crippen LogP contribution in [0.5, 0.6) is 11.5 Å². The maximum Gasteiger partial charge on any atom is 0.317 e. The number of hydrogen-bond donors (Lipinski definition) is 1. The second-order valence-electron chi connectivity index (χ2n) is 4.92. The van der Waals surface area contributed by atoms with Gasteiger partial charge < -0.3 is 19.7 Å². The number of nitrogens with zero attached hydrogens (tertiary/aromatic N) is 1. The van der Waals surface area contributed by atoms with Gasteiger partial charge in [0.25, 0.3) is 0 Å². The number of carbonyl (C=O) groups is 1. The van der Waals surface area contributed by atoms with Gasteiger partial charge in [-0.3, -0.25) is 0 Å². The fraction of sp³-hybridized carbons (Fsp3) is 0.533. The highest BCUT2D eigenvalue weighted by molar-refractivity contribution is 5.73. The molecule has 1 aromatic rings. The number of ether oxygens (including phenoxy) is 2. The fourth-order valence-corrected chi connectivity index (χ4v) is 2.04. The van der Waals surface area contributed by atoms with Crippen LogP contribution in [0, 0.1) is 0 Å². The van der Waals surface area contributed by atoms with Gasteiger partial charge in [0.15, 0.2) is 11.5 Å². The van der Waals surface area contributed by atoms with E-state index in [1.165, 1.54) is 0 Å². The van der Waals surface area contributed by atoms with Gasteiger partial charge in [-0.1, -0.05) is 19.4 Å². The van der Waals surface area contributed by atoms with Crippen molar-refractivity contribution >= 4 is 6.03 Å². The molecule has 0 spiro atoms. The summed E-state index contributed by atoms with van der Waals surface area (Å²) in [5, 5.41) is 2.90. The van der Waals surface area contributed by atoms with E-state index in [1.54, 1.807) is 11.9 Å². The molecule has 0 saturated carbocycles. The van der Waals surface area contributed by atoms with Gasteiger partial charge >= 0.3 is 6.03 Å². The molecule has 5 nitrogen and oxygen atoms in total. The zero-order valence-electron chi connectivity index (χ0n) is 12.1. The average Bonchev–Trinajstić information content (AvgIpc) is 2.47. The van der Waals surface area contributed by atoms with Crippen LogP contribution in [0.3, 0.4) is 0 Å². The largest absolute Gasteiger partial charge is 0.486 e. The lowest BCUT2D eigenvalue weighted by molar-refractivity contribution is 0.171. The number of fused-ring (bicyclic) bond motifs is 1. The highest BCUT2D eigenvalue weighted by atomic mass is 16.6. The lowest BCUT2D eigenvalue weighted by Crippen LogP contribution is -2.37. The molecule has 0 radical (unpaired) electrons. The van der Waals surface area contributed by atoms with Crippen molar-refractivity contribution in [1.29, 1.82) is 0 Å². The fourth-order valence-electron chi connectivity index (χ4n) is 2.04. The van der Waals surface area contributed by atoms with Crippen molar-refractivity contribution in [2.45, 2.75) is 26.3 Å². The topological polar surface area (TPSA) is 50.8 Å². The van der Waals surface area contributed by atoms with Gasteiger partial charge in [0.2, 0.25) is 0 Å². The van der Waals surface area contributed by atoms with Gasteiger partial charge in [-0.05, 0) is 24.1 Å². The minimum atomic E-state index is -0.0478. The summed E-state index contributed by atoms with van der Waals surface area (Å²) in [4.78, 5) is 13.5. The molecule has 1 aromatic carbocycles. The van der Waals surface area contributed by atoms with Crippen molar-refractivity contribution in [1.82, 2.24) is 10.2 Å². The summed E-state index contributed by atoms with van der Waals surface area (Å²) in [6.45, 7) is 4.54. The third-order valence-electron chi connectivity index (χ3n) is 3.18. The average molecular weight is 278 g/mol. The number of carbonyl (C=O) groups excluding carboxylic acids is 1. The van der Waals surface area contributed by atoms with Gasteiger partial charge in [0, 0.05) is 20.1 Å². The molecule has 0 unspecified atom stereocenters. The molecule has 0 aromatic heterocycles. The third kappa shape index (κ3) is 3.79. The molecule has 20 heavy (non-hydrogen) atoms. The number of rotatable bonds is 5. The third-order valence-corrected chi connectivity index (χ3v) is 3.18. The van der Waals surface area contributed by atoms with E-state index in [0.29, 0.717) is 19.8 Å². The molecule has 0 atom stereocenters. The van der Waals surface area contributed by atoms with Gasteiger partial charge in [0.05, 0.1) is 0 Å². The van der Waals surface area contributed by atoms with E-state index >= 15 is 0 Å². The summed E-state index contributed by atoms with van der Waals surface area (Å²) >= 11 is 0. The van der Waals surface area contributed by atoms with Crippen LogP contribution in [0.2, 0.25) is 0 Å². The van der Waals surface area contributed by atoms with Crippen molar-refractivity contribution in [2.24, 2.45) is 0 Å². The van der Waals surface area contributed by atoms with E-state index in [-0.39, 0.29) is 6.03 Å². The predicted molar refractivity (Wildman–Crippen MR) is 77.2 cm³/mol. The number of benzene rings is 1. The van der Waals surface area contributed by atoms with E-state index in [4.69, 9.17) is 9.47 Å². The zero-order valence-corrected chi connectivity index (χ0v) is 12.1. The highest BCUT2D eigenvalue weighted by Crippen LogP contribution is 2.30. The first kappa shape index (κ1) is 14.5. The lowest BCUT2D eigenvalue weighted by atomic mass is 10.2. The Balaban J connectivity index is 1.90. The lowest BCUT2D eigenvalue weighted by Gasteiger charge is -2.21. The molecule has 1 aliphatic heterocycles. The summed E-state index contributed by atoms with van der Waals surface area (Å²) < 4.78 is 11.0. The summed E-state index contributed by atoms with van der Waals surface area (Å²) in [5.74, 6) is 1.53. The Morgan fingerprint density at radius 2 is 2.05 bits per heavy atom. The van der Waals surface area contributed by atoms with Gasteiger partial charge in [-0.2, -0.15) is 0 Å². The molecular formula is C15H22N2O3. The summed E-state index contributed by atoms with van der Waals surface area (Å²) in [5.41, 5.74) is 1.03. The number of amides is 2. The van der Waals surface area contributed by atoms with Crippen LogP contribution in [0.4, 0.5) is 4.79 Å². The van der Waals surface area contributed by atoms with Crippen LogP contribution in [0.15, 0.2) is 18.2 Å². The van der Waals surface area contributed by atoms with Gasteiger partial charge in [0.1, 0.15) is 13.2 Å². The molecule has 1 heterocycles. The first-order valence-corrected chi connectivity index (χ1v) is 7.08. The van der Waals surface area contributed by atoms with Gasteiger partial charge in [-0.15, -0.1) is 0 Å². The van der Waals surface area contributed by atoms with Crippen LogP contribution >= 0.6 is 0 Å². The first-order chi connectivity index (χ1) is 9.70. The van der Waals surface area contributed by atoms with Crippen molar-refractivity contribution in [3.05, 3.63) is 23.8 Å². The maximum absolute atomic E-state index is 11.9. The Hall–Kier alpha value is -1.91. The summed E-state index contributed by atoms with van der Waals surface area (Å²) in [7, 11) is 1.79. The number of nitrogens with one attached hydrogen (secondary N) is 1. The Bertz CT molecular complexity index is 462. The second kappa shape index (κ2) is 7.03. The molecule has 2 rings (SSSR count). The molecule has 0 fully saturated rings. The molecule has 0 saturated heterocycles. The van der Waals surface area contributed by atoms with Crippen molar-refractivity contribution < 1.29 is 14.3 Å². The highest BCUT2D eigenvalue weighted by Gasteiger charge is 2.14.